The van der Waals surface area contributed by atoms with Crippen LogP contribution in [0.2, 0.25) is 0 Å². The molecule has 0 bridgehead atoms. The highest BCUT2D eigenvalue weighted by Gasteiger charge is 2.20. The number of rotatable bonds is 4. The third-order valence-electron chi connectivity index (χ3n) is 3.00. The fourth-order valence-electron chi connectivity index (χ4n) is 1.91. The molecule has 1 aromatic rings. The van der Waals surface area contributed by atoms with Crippen molar-refractivity contribution < 1.29 is 0 Å². The van der Waals surface area contributed by atoms with Gasteiger partial charge in [0.05, 0.1) is 5.56 Å². The maximum Gasteiger partial charge on any atom is 0.144 e. The van der Waals surface area contributed by atoms with Crippen molar-refractivity contribution in [3.8, 4) is 6.07 Å². The molecular formula is C13H17N3. The van der Waals surface area contributed by atoms with Crippen LogP contribution in [0.1, 0.15) is 36.1 Å². The molecule has 0 radical (unpaired) electrons. The van der Waals surface area contributed by atoms with E-state index in [0.29, 0.717) is 5.56 Å². The molecule has 16 heavy (non-hydrogen) atoms. The molecule has 1 aliphatic carbocycles. The zero-order valence-corrected chi connectivity index (χ0v) is 9.88. The molecule has 3 heteroatoms. The average molecular weight is 215 g/mol. The fraction of sp³-hybridized carbons (Fsp3) is 0.538. The van der Waals surface area contributed by atoms with Crippen LogP contribution in [0.15, 0.2) is 6.07 Å². The maximum atomic E-state index is 9.08. The Morgan fingerprint density at radius 2 is 2.25 bits per heavy atom. The zero-order chi connectivity index (χ0) is 11.5. The quantitative estimate of drug-likeness (QED) is 0.840. The molecule has 1 N–H and O–H groups in total. The number of nitriles is 1. The van der Waals surface area contributed by atoms with E-state index < -0.39 is 0 Å². The van der Waals surface area contributed by atoms with Crippen molar-refractivity contribution in [3.05, 3.63) is 22.9 Å². The van der Waals surface area contributed by atoms with Gasteiger partial charge in [-0.2, -0.15) is 5.26 Å². The summed E-state index contributed by atoms with van der Waals surface area (Å²) in [7, 11) is 0. The van der Waals surface area contributed by atoms with Gasteiger partial charge < -0.3 is 5.32 Å². The number of nitrogens with zero attached hydrogens (tertiary/aromatic N) is 2. The highest BCUT2D eigenvalue weighted by molar-refractivity contribution is 5.56. The number of aryl methyl sites for hydroxylation is 2. The van der Waals surface area contributed by atoms with Gasteiger partial charge in [-0.1, -0.05) is 12.8 Å². The predicted molar refractivity (Wildman–Crippen MR) is 64.3 cm³/mol. The maximum absolute atomic E-state index is 9.08. The monoisotopic (exact) mass is 215 g/mol. The molecule has 84 valence electrons. The molecule has 2 rings (SSSR count). The number of hydrogen-bond donors (Lipinski definition) is 1. The molecule has 1 aromatic heterocycles. The van der Waals surface area contributed by atoms with E-state index in [-0.39, 0.29) is 0 Å². The van der Waals surface area contributed by atoms with E-state index >= 15 is 0 Å². The van der Waals surface area contributed by atoms with Crippen LogP contribution < -0.4 is 5.32 Å². The Hall–Kier alpha value is -1.56. The largest absolute Gasteiger partial charge is 0.369 e. The predicted octanol–water partition coefficient (Wildman–Crippen LogP) is 2.78. The smallest absolute Gasteiger partial charge is 0.144 e. The van der Waals surface area contributed by atoms with Gasteiger partial charge in [0.15, 0.2) is 0 Å². The minimum absolute atomic E-state index is 0.682. The molecular weight excluding hydrogens is 198 g/mol. The van der Waals surface area contributed by atoms with Crippen molar-refractivity contribution in [3.63, 3.8) is 0 Å². The van der Waals surface area contributed by atoms with Crippen molar-refractivity contribution >= 4 is 5.82 Å². The summed E-state index contributed by atoms with van der Waals surface area (Å²) < 4.78 is 0. The van der Waals surface area contributed by atoms with Gasteiger partial charge in [-0.15, -0.1) is 0 Å². The summed E-state index contributed by atoms with van der Waals surface area (Å²) >= 11 is 0. The average Bonchev–Trinajstić information content (AvgIpc) is 3.01. The van der Waals surface area contributed by atoms with E-state index in [2.05, 4.69) is 16.4 Å². The van der Waals surface area contributed by atoms with E-state index in [9.17, 15) is 0 Å². The molecule has 1 aliphatic rings. The Labute approximate surface area is 96.5 Å². The Morgan fingerprint density at radius 3 is 2.88 bits per heavy atom. The molecule has 1 fully saturated rings. The Morgan fingerprint density at radius 1 is 1.50 bits per heavy atom. The van der Waals surface area contributed by atoms with Crippen molar-refractivity contribution in [1.29, 1.82) is 5.26 Å². The minimum atomic E-state index is 0.682. The van der Waals surface area contributed by atoms with Crippen molar-refractivity contribution in [2.24, 2.45) is 5.92 Å². The number of aromatic nitrogens is 1. The molecule has 0 spiro atoms. The molecule has 0 aromatic carbocycles. The lowest BCUT2D eigenvalue weighted by Crippen LogP contribution is -2.07. The Bertz CT molecular complexity index is 428. The SMILES string of the molecule is Cc1cc(C)c(C#N)c(NCCC2CC2)n1. The topological polar surface area (TPSA) is 48.7 Å². The summed E-state index contributed by atoms with van der Waals surface area (Å²) in [6.45, 7) is 4.84. The van der Waals surface area contributed by atoms with Gasteiger partial charge >= 0.3 is 0 Å². The molecule has 1 heterocycles. The summed E-state index contributed by atoms with van der Waals surface area (Å²) in [5.74, 6) is 1.66. The van der Waals surface area contributed by atoms with Crippen LogP contribution in [0.3, 0.4) is 0 Å². The first-order chi connectivity index (χ1) is 7.70. The number of nitrogens with one attached hydrogen (secondary N) is 1. The van der Waals surface area contributed by atoms with Crippen molar-refractivity contribution in [1.82, 2.24) is 4.98 Å². The third kappa shape index (κ3) is 2.52. The van der Waals surface area contributed by atoms with Gasteiger partial charge in [0.25, 0.3) is 0 Å². The lowest BCUT2D eigenvalue weighted by Gasteiger charge is -2.09. The second kappa shape index (κ2) is 4.52. The van der Waals surface area contributed by atoms with Crippen LogP contribution in [0.4, 0.5) is 5.82 Å². The van der Waals surface area contributed by atoms with Crippen LogP contribution >= 0.6 is 0 Å². The van der Waals surface area contributed by atoms with E-state index in [1.165, 1.54) is 19.3 Å². The van der Waals surface area contributed by atoms with Crippen LogP contribution in [-0.2, 0) is 0 Å². The zero-order valence-electron chi connectivity index (χ0n) is 9.88. The van der Waals surface area contributed by atoms with E-state index in [0.717, 1.165) is 29.5 Å². The van der Waals surface area contributed by atoms with Crippen LogP contribution in [0, 0.1) is 31.1 Å². The molecule has 1 saturated carbocycles. The normalized spacial score (nSPS) is 14.6. The highest BCUT2D eigenvalue weighted by Crippen LogP contribution is 2.32. The van der Waals surface area contributed by atoms with Crippen molar-refractivity contribution in [2.75, 3.05) is 11.9 Å². The lowest BCUT2D eigenvalue weighted by molar-refractivity contribution is 0.757. The standard InChI is InChI=1S/C13H17N3/c1-9-7-10(2)16-13(12(9)8-14)15-6-5-11-3-4-11/h7,11H,3-6H2,1-2H3,(H,15,16). The Kier molecular flexibility index (Phi) is 3.09. The highest BCUT2D eigenvalue weighted by atomic mass is 15.0. The molecule has 0 saturated heterocycles. The molecule has 0 aliphatic heterocycles. The first-order valence-electron chi connectivity index (χ1n) is 5.83. The summed E-state index contributed by atoms with van der Waals surface area (Å²) in [4.78, 5) is 4.39. The Balaban J connectivity index is 2.08. The fourth-order valence-corrected chi connectivity index (χ4v) is 1.91. The van der Waals surface area contributed by atoms with Crippen LogP contribution in [0.5, 0.6) is 0 Å². The first kappa shape index (κ1) is 10.9. The number of pyridine rings is 1. The summed E-state index contributed by atoms with van der Waals surface area (Å²) in [6.07, 6.45) is 3.93. The summed E-state index contributed by atoms with van der Waals surface area (Å²) in [5.41, 5.74) is 2.65. The van der Waals surface area contributed by atoms with Crippen molar-refractivity contribution in [2.45, 2.75) is 33.1 Å². The summed E-state index contributed by atoms with van der Waals surface area (Å²) in [5, 5.41) is 12.4. The van der Waals surface area contributed by atoms with E-state index in [1.807, 2.05) is 19.9 Å². The van der Waals surface area contributed by atoms with Gasteiger partial charge in [-0.05, 0) is 37.8 Å². The van der Waals surface area contributed by atoms with Gasteiger partial charge in [-0.25, -0.2) is 4.98 Å². The third-order valence-corrected chi connectivity index (χ3v) is 3.00. The van der Waals surface area contributed by atoms with Crippen LogP contribution in [-0.4, -0.2) is 11.5 Å². The van der Waals surface area contributed by atoms with Gasteiger partial charge in [0, 0.05) is 12.2 Å². The molecule has 0 unspecified atom stereocenters. The molecule has 0 atom stereocenters. The second-order valence-corrected chi connectivity index (χ2v) is 4.57. The van der Waals surface area contributed by atoms with Gasteiger partial charge in [-0.3, -0.25) is 0 Å². The molecule has 3 nitrogen and oxygen atoms in total. The summed E-state index contributed by atoms with van der Waals surface area (Å²) in [6, 6.07) is 4.17. The van der Waals surface area contributed by atoms with E-state index in [4.69, 9.17) is 5.26 Å². The van der Waals surface area contributed by atoms with Gasteiger partial charge in [0.2, 0.25) is 0 Å². The number of hydrogen-bond acceptors (Lipinski definition) is 3. The first-order valence-corrected chi connectivity index (χ1v) is 5.83. The lowest BCUT2D eigenvalue weighted by atomic mass is 10.1. The number of anilines is 1. The minimum Gasteiger partial charge on any atom is -0.369 e. The van der Waals surface area contributed by atoms with Gasteiger partial charge in [0.1, 0.15) is 11.9 Å². The van der Waals surface area contributed by atoms with Crippen LogP contribution in [0.25, 0.3) is 0 Å². The molecule has 0 amide bonds. The van der Waals surface area contributed by atoms with E-state index in [1.54, 1.807) is 0 Å². The second-order valence-electron chi connectivity index (χ2n) is 4.57.